The molecule has 2 heterocycles. The molecule has 0 unspecified atom stereocenters. The summed E-state index contributed by atoms with van der Waals surface area (Å²) >= 11 is 3.14. The van der Waals surface area contributed by atoms with Gasteiger partial charge in [0.25, 0.3) is 0 Å². The van der Waals surface area contributed by atoms with Gasteiger partial charge in [-0.25, -0.2) is 0 Å². The Morgan fingerprint density at radius 1 is 1.03 bits per heavy atom. The van der Waals surface area contributed by atoms with E-state index in [4.69, 9.17) is 0 Å². The second kappa shape index (κ2) is 9.66. The Morgan fingerprint density at radius 3 is 2.48 bits per heavy atom. The molecule has 2 aromatic heterocycles. The van der Waals surface area contributed by atoms with Gasteiger partial charge in [0.15, 0.2) is 11.0 Å². The Morgan fingerprint density at radius 2 is 1.77 bits per heavy atom. The van der Waals surface area contributed by atoms with Crippen LogP contribution in [-0.4, -0.2) is 26.4 Å². The summed E-state index contributed by atoms with van der Waals surface area (Å²) in [6.45, 7) is 7.04. The number of nitrogens with one attached hydrogen (secondary N) is 1. The van der Waals surface area contributed by atoms with Gasteiger partial charge in [-0.05, 0) is 37.0 Å². The third-order valence-corrected chi connectivity index (χ3v) is 7.28. The van der Waals surface area contributed by atoms with E-state index in [0.29, 0.717) is 5.75 Å². The van der Waals surface area contributed by atoms with Gasteiger partial charge >= 0.3 is 0 Å². The number of anilines is 1. The first-order chi connectivity index (χ1) is 15.2. The smallest absolute Gasteiger partial charge is 0.234 e. The molecule has 0 bridgehead atoms. The molecule has 0 saturated heterocycles. The maximum absolute atomic E-state index is 12.7. The molecule has 7 heteroatoms. The summed E-state index contributed by atoms with van der Waals surface area (Å²) in [6.07, 6.45) is 1.78. The maximum Gasteiger partial charge on any atom is 0.234 e. The Kier molecular flexibility index (Phi) is 6.73. The summed E-state index contributed by atoms with van der Waals surface area (Å²) < 4.78 is 3.32. The summed E-state index contributed by atoms with van der Waals surface area (Å²) in [6, 6.07) is 14.5. The van der Waals surface area contributed by atoms with Crippen LogP contribution in [0.25, 0.3) is 21.5 Å². The van der Waals surface area contributed by atoms with Crippen LogP contribution in [0.4, 0.5) is 5.69 Å². The molecule has 0 aliphatic rings. The van der Waals surface area contributed by atoms with Gasteiger partial charge in [0.2, 0.25) is 5.91 Å². The summed E-state index contributed by atoms with van der Waals surface area (Å²) in [5, 5.41) is 16.1. The van der Waals surface area contributed by atoms with Crippen molar-refractivity contribution in [3.05, 3.63) is 59.0 Å². The fraction of sp³-hybridized carbons (Fsp3) is 0.292. The van der Waals surface area contributed by atoms with Gasteiger partial charge in [-0.15, -0.1) is 21.5 Å². The Hall–Kier alpha value is -2.64. The topological polar surface area (TPSA) is 59.8 Å². The number of para-hydroxylation sites is 1. The van der Waals surface area contributed by atoms with E-state index in [-0.39, 0.29) is 5.91 Å². The summed E-state index contributed by atoms with van der Waals surface area (Å²) in [5.74, 6) is 1.13. The van der Waals surface area contributed by atoms with E-state index in [0.717, 1.165) is 41.6 Å². The minimum atomic E-state index is -0.0196. The molecule has 0 saturated carbocycles. The van der Waals surface area contributed by atoms with Crippen molar-refractivity contribution in [3.63, 3.8) is 0 Å². The van der Waals surface area contributed by atoms with Crippen LogP contribution < -0.4 is 5.32 Å². The van der Waals surface area contributed by atoms with Crippen molar-refractivity contribution in [2.45, 2.75) is 45.3 Å². The minimum Gasteiger partial charge on any atom is -0.325 e. The number of aryl methyl sites for hydroxylation is 2. The maximum atomic E-state index is 12.7. The van der Waals surface area contributed by atoms with Crippen LogP contribution in [0.2, 0.25) is 0 Å². The first-order valence-electron chi connectivity index (χ1n) is 10.6. The molecule has 1 N–H and O–H groups in total. The average molecular weight is 451 g/mol. The van der Waals surface area contributed by atoms with Gasteiger partial charge in [0, 0.05) is 33.3 Å². The van der Waals surface area contributed by atoms with Gasteiger partial charge in [-0.2, -0.15) is 0 Å². The molecule has 1 amide bonds. The quantitative estimate of drug-likeness (QED) is 0.333. The molecule has 2 aromatic carbocycles. The molecule has 0 aliphatic carbocycles. The lowest BCUT2D eigenvalue weighted by atomic mass is 10.0. The molecule has 0 spiro atoms. The molecule has 4 rings (SSSR count). The van der Waals surface area contributed by atoms with E-state index in [2.05, 4.69) is 76.6 Å². The zero-order valence-corrected chi connectivity index (χ0v) is 19.6. The predicted molar refractivity (Wildman–Crippen MR) is 131 cm³/mol. The van der Waals surface area contributed by atoms with E-state index >= 15 is 0 Å². The molecule has 0 radical (unpaired) electrons. The normalized spacial score (nSPS) is 11.2. The number of thioether (sulfide) groups is 1. The van der Waals surface area contributed by atoms with Crippen LogP contribution in [-0.2, 0) is 24.2 Å². The molecule has 0 aliphatic heterocycles. The summed E-state index contributed by atoms with van der Waals surface area (Å²) in [4.78, 5) is 12.7. The number of amides is 1. The summed E-state index contributed by atoms with van der Waals surface area (Å²) in [7, 11) is 0. The van der Waals surface area contributed by atoms with Crippen LogP contribution in [0.3, 0.4) is 0 Å². The number of benzene rings is 2. The highest BCUT2D eigenvalue weighted by atomic mass is 32.2. The number of hydrogen-bond donors (Lipinski definition) is 1. The molecule has 4 aromatic rings. The van der Waals surface area contributed by atoms with Gasteiger partial charge < -0.3 is 9.88 Å². The Bertz CT molecular complexity index is 1190. The lowest BCUT2D eigenvalue weighted by Gasteiger charge is -2.14. The molecule has 160 valence electrons. The first kappa shape index (κ1) is 21.6. The van der Waals surface area contributed by atoms with Crippen molar-refractivity contribution in [2.24, 2.45) is 0 Å². The van der Waals surface area contributed by atoms with E-state index in [1.807, 2.05) is 12.1 Å². The number of hydrogen-bond acceptors (Lipinski definition) is 5. The SMILES string of the molecule is CCc1cccc(CC)c1NC(=O)CSc1nnc(-c2csc3ccccc23)n1CC. The third kappa shape index (κ3) is 4.38. The second-order valence-electron chi connectivity index (χ2n) is 7.19. The number of carbonyl (C=O) groups is 1. The van der Waals surface area contributed by atoms with Crippen molar-refractivity contribution in [1.82, 2.24) is 14.8 Å². The van der Waals surface area contributed by atoms with Gasteiger partial charge in [-0.1, -0.05) is 62.0 Å². The predicted octanol–water partition coefficient (Wildman–Crippen LogP) is 6.04. The molecular weight excluding hydrogens is 424 g/mol. The molecule has 0 atom stereocenters. The molecule has 31 heavy (non-hydrogen) atoms. The highest BCUT2D eigenvalue weighted by molar-refractivity contribution is 7.99. The number of thiophene rings is 1. The van der Waals surface area contributed by atoms with Gasteiger partial charge in [-0.3, -0.25) is 4.79 Å². The van der Waals surface area contributed by atoms with E-state index in [9.17, 15) is 4.79 Å². The molecule has 5 nitrogen and oxygen atoms in total. The minimum absolute atomic E-state index is 0.0196. The Labute approximate surface area is 190 Å². The van der Waals surface area contributed by atoms with Crippen molar-refractivity contribution in [1.29, 1.82) is 0 Å². The zero-order valence-electron chi connectivity index (χ0n) is 18.0. The largest absolute Gasteiger partial charge is 0.325 e. The first-order valence-corrected chi connectivity index (χ1v) is 12.5. The van der Waals surface area contributed by atoms with Crippen molar-refractivity contribution in [2.75, 3.05) is 11.1 Å². The van der Waals surface area contributed by atoms with Crippen molar-refractivity contribution in [3.8, 4) is 11.4 Å². The third-order valence-electron chi connectivity index (χ3n) is 5.35. The standard InChI is InChI=1S/C24H26N4OS2/c1-4-16-10-9-11-17(5-2)22(16)25-21(29)15-31-24-27-26-23(28(24)6-3)19-14-30-20-13-8-7-12-18(19)20/h7-14H,4-6,15H2,1-3H3,(H,25,29). The van der Waals surface area contributed by atoms with E-state index < -0.39 is 0 Å². The number of fused-ring (bicyclic) bond motifs is 1. The van der Waals surface area contributed by atoms with Crippen molar-refractivity contribution < 1.29 is 4.79 Å². The summed E-state index contributed by atoms with van der Waals surface area (Å²) in [5.41, 5.74) is 4.39. The van der Waals surface area contributed by atoms with Crippen LogP contribution in [0, 0.1) is 0 Å². The second-order valence-corrected chi connectivity index (χ2v) is 9.04. The number of rotatable bonds is 8. The van der Waals surface area contributed by atoms with Crippen LogP contribution >= 0.6 is 23.1 Å². The number of nitrogens with zero attached hydrogens (tertiary/aromatic N) is 3. The highest BCUT2D eigenvalue weighted by Gasteiger charge is 2.18. The van der Waals surface area contributed by atoms with Crippen LogP contribution in [0.1, 0.15) is 31.9 Å². The highest BCUT2D eigenvalue weighted by Crippen LogP contribution is 2.34. The fourth-order valence-electron chi connectivity index (χ4n) is 3.74. The number of carbonyl (C=O) groups excluding carboxylic acids is 1. The molecule has 0 fully saturated rings. The molecular formula is C24H26N4OS2. The van der Waals surface area contributed by atoms with Gasteiger partial charge in [0.1, 0.15) is 0 Å². The van der Waals surface area contributed by atoms with Crippen LogP contribution in [0.15, 0.2) is 53.0 Å². The number of aromatic nitrogens is 3. The fourth-order valence-corrected chi connectivity index (χ4v) is 5.48. The van der Waals surface area contributed by atoms with E-state index in [1.165, 1.54) is 33.0 Å². The Balaban J connectivity index is 1.52. The lowest BCUT2D eigenvalue weighted by Crippen LogP contribution is -2.17. The van der Waals surface area contributed by atoms with E-state index in [1.54, 1.807) is 11.3 Å². The zero-order chi connectivity index (χ0) is 21.8. The average Bonchev–Trinajstić information content (AvgIpc) is 3.41. The van der Waals surface area contributed by atoms with Crippen LogP contribution in [0.5, 0.6) is 0 Å². The monoisotopic (exact) mass is 450 g/mol. The lowest BCUT2D eigenvalue weighted by molar-refractivity contribution is -0.113. The van der Waals surface area contributed by atoms with Crippen molar-refractivity contribution >= 4 is 44.8 Å². The van der Waals surface area contributed by atoms with Gasteiger partial charge in [0.05, 0.1) is 5.75 Å².